The van der Waals surface area contributed by atoms with Crippen molar-refractivity contribution < 1.29 is 48.1 Å². The molecule has 0 unspecified atom stereocenters. The van der Waals surface area contributed by atoms with Crippen LogP contribution in [0.15, 0.2) is 17.8 Å². The van der Waals surface area contributed by atoms with Crippen LogP contribution in [0.3, 0.4) is 0 Å². The Hall–Kier alpha value is -2.60. The largest absolute Gasteiger partial charge is 0.463 e. The van der Waals surface area contributed by atoms with Crippen LogP contribution in [-0.2, 0) is 42.9 Å². The maximum Gasteiger partial charge on any atom is 0.303 e. The summed E-state index contributed by atoms with van der Waals surface area (Å²) in [5.74, 6) is -2.77. The van der Waals surface area contributed by atoms with Crippen LogP contribution >= 0.6 is 11.8 Å². The van der Waals surface area contributed by atoms with Crippen molar-refractivity contribution in [3.05, 3.63) is 12.7 Å². The van der Waals surface area contributed by atoms with Crippen LogP contribution in [0.5, 0.6) is 0 Å². The highest BCUT2D eigenvalue weighted by atomic mass is 32.2. The molecule has 11 nitrogen and oxygen atoms in total. The van der Waals surface area contributed by atoms with E-state index in [1.807, 2.05) is 0 Å². The Morgan fingerprint density at radius 3 is 1.97 bits per heavy atom. The zero-order valence-electron chi connectivity index (χ0n) is 17.1. The van der Waals surface area contributed by atoms with E-state index in [9.17, 15) is 24.4 Å². The summed E-state index contributed by atoms with van der Waals surface area (Å²) in [7, 11) is 0. The van der Waals surface area contributed by atoms with E-state index in [-0.39, 0.29) is 18.1 Å². The molecule has 0 aliphatic carbocycles. The zero-order valence-corrected chi connectivity index (χ0v) is 17.9. The molecule has 1 fully saturated rings. The summed E-state index contributed by atoms with van der Waals surface area (Å²) in [6.45, 7) is 7.82. The van der Waals surface area contributed by atoms with Crippen molar-refractivity contribution in [2.45, 2.75) is 64.0 Å². The Balaban J connectivity index is 3.37. The summed E-state index contributed by atoms with van der Waals surface area (Å²) >= 11 is 0.887. The lowest BCUT2D eigenvalue weighted by Gasteiger charge is -2.44. The number of rotatable bonds is 8. The van der Waals surface area contributed by atoms with Gasteiger partial charge in [-0.05, 0) is 0 Å². The Morgan fingerprint density at radius 2 is 1.50 bits per heavy atom. The first-order valence-electron chi connectivity index (χ1n) is 8.88. The Morgan fingerprint density at radius 1 is 0.967 bits per heavy atom. The van der Waals surface area contributed by atoms with Crippen LogP contribution in [0.1, 0.15) is 34.1 Å². The van der Waals surface area contributed by atoms with Gasteiger partial charge in [0.1, 0.15) is 23.2 Å². The van der Waals surface area contributed by atoms with Gasteiger partial charge in [-0.15, -0.1) is 6.58 Å². The van der Waals surface area contributed by atoms with E-state index < -0.39 is 53.7 Å². The van der Waals surface area contributed by atoms with Crippen LogP contribution in [0, 0.1) is 0 Å². The lowest BCUT2D eigenvalue weighted by Crippen LogP contribution is -2.61. The normalized spacial score (nSPS) is 26.3. The number of hydrogen-bond donors (Lipinski definition) is 1. The molecule has 168 valence electrons. The third kappa shape index (κ3) is 8.03. The van der Waals surface area contributed by atoms with Gasteiger partial charge in [0.2, 0.25) is 0 Å². The highest BCUT2D eigenvalue weighted by molar-refractivity contribution is 8.14. The van der Waals surface area contributed by atoms with Gasteiger partial charge >= 0.3 is 23.9 Å². The monoisotopic (exact) mass is 447 g/mol. The van der Waals surface area contributed by atoms with Gasteiger partial charge in [-0.2, -0.15) is 0 Å². The fourth-order valence-electron chi connectivity index (χ4n) is 2.65. The van der Waals surface area contributed by atoms with Crippen molar-refractivity contribution in [2.75, 3.05) is 6.61 Å². The number of carbonyl (C=O) groups is 4. The minimum absolute atomic E-state index is 0.172. The Kier molecular flexibility index (Phi) is 10.3. The molecular formula is C18H25NO10S. The second-order valence-corrected chi connectivity index (χ2v) is 7.34. The number of nitrogens with zero attached hydrogens (tertiary/aromatic N) is 1. The molecule has 5 atom stereocenters. The van der Waals surface area contributed by atoms with E-state index in [1.165, 1.54) is 13.0 Å². The van der Waals surface area contributed by atoms with E-state index in [4.69, 9.17) is 23.7 Å². The number of esters is 4. The molecule has 0 aromatic heterocycles. The summed E-state index contributed by atoms with van der Waals surface area (Å²) in [4.78, 5) is 46.3. The maximum atomic E-state index is 11.7. The van der Waals surface area contributed by atoms with Gasteiger partial charge in [0.15, 0.2) is 18.3 Å². The highest BCUT2D eigenvalue weighted by Gasteiger charge is 2.52. The summed E-state index contributed by atoms with van der Waals surface area (Å²) in [5.41, 5.74) is -1.04. The molecular weight excluding hydrogens is 422 g/mol. The molecule has 0 bridgehead atoms. The summed E-state index contributed by atoms with van der Waals surface area (Å²) < 4.78 is 26.7. The first kappa shape index (κ1) is 25.4. The van der Waals surface area contributed by atoms with Crippen LogP contribution in [0.25, 0.3) is 0 Å². The van der Waals surface area contributed by atoms with E-state index in [0.29, 0.717) is 0 Å². The quantitative estimate of drug-likeness (QED) is 0.109. The van der Waals surface area contributed by atoms with Gasteiger partial charge in [0.25, 0.3) is 0 Å². The minimum atomic E-state index is -1.27. The van der Waals surface area contributed by atoms with Gasteiger partial charge in [0, 0.05) is 34.1 Å². The van der Waals surface area contributed by atoms with Gasteiger partial charge in [-0.1, -0.05) is 23.0 Å². The SMILES string of the molecule is C=CC/C(=N\O)S[C@@H]1O[C@H](COC(C)=O)[C@@H](OC(C)=O)[C@H](OC(C)=O)[C@H]1OC(C)=O. The van der Waals surface area contributed by atoms with E-state index in [2.05, 4.69) is 11.7 Å². The van der Waals surface area contributed by atoms with Crippen LogP contribution < -0.4 is 0 Å². The minimum Gasteiger partial charge on any atom is -0.463 e. The summed E-state index contributed by atoms with van der Waals surface area (Å²) in [6, 6.07) is 0. The molecule has 0 radical (unpaired) electrons. The number of allylic oxidation sites excluding steroid dienone is 1. The van der Waals surface area contributed by atoms with Crippen molar-refractivity contribution in [1.82, 2.24) is 0 Å². The first-order valence-corrected chi connectivity index (χ1v) is 9.75. The smallest absolute Gasteiger partial charge is 0.303 e. The molecule has 0 aromatic rings. The fraction of sp³-hybridized carbons (Fsp3) is 0.611. The van der Waals surface area contributed by atoms with E-state index in [0.717, 1.165) is 32.5 Å². The molecule has 30 heavy (non-hydrogen) atoms. The van der Waals surface area contributed by atoms with Crippen molar-refractivity contribution in [1.29, 1.82) is 0 Å². The molecule has 0 spiro atoms. The second-order valence-electron chi connectivity index (χ2n) is 6.17. The third-order valence-corrected chi connectivity index (χ3v) is 4.76. The number of carbonyl (C=O) groups excluding carboxylic acids is 4. The van der Waals surface area contributed by atoms with Crippen molar-refractivity contribution in [2.24, 2.45) is 5.16 Å². The van der Waals surface area contributed by atoms with Crippen molar-refractivity contribution in [3.63, 3.8) is 0 Å². The Labute approximate surface area is 177 Å². The molecule has 1 saturated heterocycles. The average molecular weight is 447 g/mol. The lowest BCUT2D eigenvalue weighted by molar-refractivity contribution is -0.237. The standard InChI is InChI=1S/C18H25NO10S/c1-6-7-14(19-24)30-18-17(28-12(5)23)16(27-11(4)22)15(26-10(3)21)13(29-18)8-25-9(2)20/h6,13,15-18,24H,1,7-8H2,2-5H3/b19-14+/t13-,15-,16+,17-,18+/m1/s1. The van der Waals surface area contributed by atoms with Crippen LogP contribution in [0.4, 0.5) is 0 Å². The molecule has 1 aliphatic rings. The molecule has 0 amide bonds. The zero-order chi connectivity index (χ0) is 22.8. The molecule has 1 heterocycles. The molecule has 1 N–H and O–H groups in total. The highest BCUT2D eigenvalue weighted by Crippen LogP contribution is 2.35. The topological polar surface area (TPSA) is 147 Å². The third-order valence-electron chi connectivity index (χ3n) is 3.63. The summed E-state index contributed by atoms with van der Waals surface area (Å²) in [5, 5.41) is 12.5. The maximum absolute atomic E-state index is 11.7. The number of hydrogen-bond acceptors (Lipinski definition) is 12. The number of oxime groups is 1. The average Bonchev–Trinajstić information content (AvgIpc) is 2.63. The summed E-state index contributed by atoms with van der Waals surface area (Å²) in [6.07, 6.45) is -3.14. The predicted molar refractivity (Wildman–Crippen MR) is 104 cm³/mol. The lowest BCUT2D eigenvalue weighted by atomic mass is 9.99. The van der Waals surface area contributed by atoms with E-state index >= 15 is 0 Å². The van der Waals surface area contributed by atoms with Crippen LogP contribution in [0.2, 0.25) is 0 Å². The number of thioether (sulfide) groups is 1. The van der Waals surface area contributed by atoms with Gasteiger partial charge in [0.05, 0.1) is 0 Å². The van der Waals surface area contributed by atoms with Gasteiger partial charge < -0.3 is 28.9 Å². The fourth-order valence-corrected chi connectivity index (χ4v) is 3.73. The predicted octanol–water partition coefficient (Wildman–Crippen LogP) is 1.17. The molecule has 0 aromatic carbocycles. The number of ether oxygens (including phenoxy) is 5. The van der Waals surface area contributed by atoms with Gasteiger partial charge in [-0.25, -0.2) is 0 Å². The van der Waals surface area contributed by atoms with Gasteiger partial charge in [-0.3, -0.25) is 19.2 Å². The van der Waals surface area contributed by atoms with Crippen molar-refractivity contribution in [3.8, 4) is 0 Å². The molecule has 0 saturated carbocycles. The van der Waals surface area contributed by atoms with Crippen LogP contribution in [-0.4, -0.2) is 70.6 Å². The van der Waals surface area contributed by atoms with E-state index in [1.54, 1.807) is 0 Å². The molecule has 1 aliphatic heterocycles. The molecule has 1 rings (SSSR count). The Bertz CT molecular complexity index is 694. The first-order chi connectivity index (χ1) is 14.1. The second kappa shape index (κ2) is 12.2. The molecule has 12 heteroatoms. The van der Waals surface area contributed by atoms with Crippen molar-refractivity contribution >= 4 is 40.7 Å².